The van der Waals surface area contributed by atoms with Crippen LogP contribution in [-0.2, 0) is 4.79 Å². The fourth-order valence-electron chi connectivity index (χ4n) is 1.25. The van der Waals surface area contributed by atoms with E-state index in [1.54, 1.807) is 12.1 Å². The predicted molar refractivity (Wildman–Crippen MR) is 63.8 cm³/mol. The Morgan fingerprint density at radius 3 is 2.41 bits per heavy atom. The zero-order valence-electron chi connectivity index (χ0n) is 9.43. The molecule has 1 rings (SSSR count). The largest absolute Gasteiger partial charge is 0.465 e. The molecule has 5 N–H and O–H groups in total. The van der Waals surface area contributed by atoms with Crippen LogP contribution < -0.4 is 16.4 Å². The van der Waals surface area contributed by atoms with Gasteiger partial charge in [0.2, 0.25) is 5.91 Å². The lowest BCUT2D eigenvalue weighted by molar-refractivity contribution is -0.117. The zero-order valence-corrected chi connectivity index (χ0v) is 9.43. The second-order valence-electron chi connectivity index (χ2n) is 3.59. The van der Waals surface area contributed by atoms with Gasteiger partial charge in [0.25, 0.3) is 0 Å². The van der Waals surface area contributed by atoms with E-state index in [-0.39, 0.29) is 6.54 Å². The highest BCUT2D eigenvalue weighted by Crippen LogP contribution is 2.08. The van der Waals surface area contributed by atoms with Crippen LogP contribution in [0.25, 0.3) is 0 Å². The molecule has 0 heterocycles. The fraction of sp³-hybridized carbons (Fsp3) is 0.273. The van der Waals surface area contributed by atoms with E-state index in [9.17, 15) is 9.59 Å². The van der Waals surface area contributed by atoms with Crippen molar-refractivity contribution in [2.75, 3.05) is 11.9 Å². The Kier molecular flexibility index (Phi) is 4.47. The summed E-state index contributed by atoms with van der Waals surface area (Å²) < 4.78 is 0. The molecule has 0 radical (unpaired) electrons. The molecule has 17 heavy (non-hydrogen) atoms. The first-order chi connectivity index (χ1) is 8.02. The summed E-state index contributed by atoms with van der Waals surface area (Å²) in [6, 6.07) is 6.22. The average molecular weight is 237 g/mol. The van der Waals surface area contributed by atoms with Crippen molar-refractivity contribution in [3.05, 3.63) is 29.8 Å². The predicted octanol–water partition coefficient (Wildman–Crippen LogP) is 0.528. The standard InChI is InChI=1S/C11H15N3O3/c1-7-2-4-8(5-3-7)13-10(15)9(6-12)14-11(16)17/h2-5,9,14H,6,12H2,1H3,(H,13,15)(H,16,17)/t9-/m0/s1. The van der Waals surface area contributed by atoms with Crippen molar-refractivity contribution in [2.45, 2.75) is 13.0 Å². The number of hydrogen-bond donors (Lipinski definition) is 4. The summed E-state index contributed by atoms with van der Waals surface area (Å²) in [4.78, 5) is 22.1. The highest BCUT2D eigenvalue weighted by Gasteiger charge is 2.18. The van der Waals surface area contributed by atoms with E-state index in [1.807, 2.05) is 24.4 Å². The molecular formula is C11H15N3O3. The van der Waals surface area contributed by atoms with Gasteiger partial charge in [-0.2, -0.15) is 0 Å². The number of carbonyl (C=O) groups is 2. The van der Waals surface area contributed by atoms with Crippen molar-refractivity contribution in [3.8, 4) is 0 Å². The van der Waals surface area contributed by atoms with Gasteiger partial charge in [0, 0.05) is 12.2 Å². The number of rotatable bonds is 4. The van der Waals surface area contributed by atoms with Gasteiger partial charge in [0.15, 0.2) is 0 Å². The van der Waals surface area contributed by atoms with Crippen LogP contribution in [0, 0.1) is 6.92 Å². The van der Waals surface area contributed by atoms with E-state index in [1.165, 1.54) is 0 Å². The molecule has 0 unspecified atom stereocenters. The Labute approximate surface area is 98.8 Å². The Bertz CT molecular complexity index is 403. The van der Waals surface area contributed by atoms with Gasteiger partial charge >= 0.3 is 6.09 Å². The van der Waals surface area contributed by atoms with Gasteiger partial charge in [0.1, 0.15) is 6.04 Å². The summed E-state index contributed by atoms with van der Waals surface area (Å²) in [5.74, 6) is -0.473. The first kappa shape index (κ1) is 13.0. The smallest absolute Gasteiger partial charge is 0.405 e. The van der Waals surface area contributed by atoms with Crippen molar-refractivity contribution in [3.63, 3.8) is 0 Å². The molecule has 0 aliphatic carbocycles. The zero-order chi connectivity index (χ0) is 12.8. The second-order valence-corrected chi connectivity index (χ2v) is 3.59. The van der Waals surface area contributed by atoms with Crippen molar-refractivity contribution in [1.29, 1.82) is 0 Å². The van der Waals surface area contributed by atoms with E-state index in [0.717, 1.165) is 5.56 Å². The van der Waals surface area contributed by atoms with Gasteiger partial charge in [-0.05, 0) is 19.1 Å². The SMILES string of the molecule is Cc1ccc(NC(=O)[C@H](CN)NC(=O)O)cc1. The highest BCUT2D eigenvalue weighted by molar-refractivity contribution is 5.96. The minimum Gasteiger partial charge on any atom is -0.465 e. The molecule has 1 aromatic rings. The van der Waals surface area contributed by atoms with Crippen LogP contribution in [0.15, 0.2) is 24.3 Å². The van der Waals surface area contributed by atoms with E-state index in [0.29, 0.717) is 5.69 Å². The van der Waals surface area contributed by atoms with E-state index >= 15 is 0 Å². The van der Waals surface area contributed by atoms with Crippen LogP contribution in [0.5, 0.6) is 0 Å². The molecule has 0 aromatic heterocycles. The maximum Gasteiger partial charge on any atom is 0.405 e. The molecular weight excluding hydrogens is 222 g/mol. The molecule has 0 saturated heterocycles. The lowest BCUT2D eigenvalue weighted by Crippen LogP contribution is -2.47. The van der Waals surface area contributed by atoms with E-state index < -0.39 is 18.0 Å². The van der Waals surface area contributed by atoms with Gasteiger partial charge in [0.05, 0.1) is 0 Å². The molecule has 2 amide bonds. The van der Waals surface area contributed by atoms with E-state index in [4.69, 9.17) is 10.8 Å². The van der Waals surface area contributed by atoms with Gasteiger partial charge < -0.3 is 21.5 Å². The molecule has 1 atom stereocenters. The monoisotopic (exact) mass is 237 g/mol. The Morgan fingerprint density at radius 1 is 1.35 bits per heavy atom. The second kappa shape index (κ2) is 5.86. The fourth-order valence-corrected chi connectivity index (χ4v) is 1.25. The summed E-state index contributed by atoms with van der Waals surface area (Å²) in [6.45, 7) is 1.84. The first-order valence-corrected chi connectivity index (χ1v) is 5.10. The van der Waals surface area contributed by atoms with Crippen LogP contribution in [0.2, 0.25) is 0 Å². The number of anilines is 1. The quantitative estimate of drug-likeness (QED) is 0.613. The highest BCUT2D eigenvalue weighted by atomic mass is 16.4. The van der Waals surface area contributed by atoms with Crippen LogP contribution >= 0.6 is 0 Å². The molecule has 0 saturated carbocycles. The summed E-state index contributed by atoms with van der Waals surface area (Å²) >= 11 is 0. The molecule has 0 aliphatic heterocycles. The number of nitrogens with one attached hydrogen (secondary N) is 2. The normalized spacial score (nSPS) is 11.6. The summed E-state index contributed by atoms with van der Waals surface area (Å²) in [7, 11) is 0. The van der Waals surface area contributed by atoms with Crippen LogP contribution in [-0.4, -0.2) is 29.7 Å². The van der Waals surface area contributed by atoms with Crippen molar-refractivity contribution < 1.29 is 14.7 Å². The van der Waals surface area contributed by atoms with E-state index in [2.05, 4.69) is 5.32 Å². The number of benzene rings is 1. The minimum absolute atomic E-state index is 0.0933. The van der Waals surface area contributed by atoms with Crippen LogP contribution in [0.1, 0.15) is 5.56 Å². The van der Waals surface area contributed by atoms with Crippen molar-refractivity contribution in [2.24, 2.45) is 5.73 Å². The number of hydrogen-bond acceptors (Lipinski definition) is 3. The third-order valence-corrected chi connectivity index (χ3v) is 2.17. The van der Waals surface area contributed by atoms with Gasteiger partial charge in [-0.1, -0.05) is 17.7 Å². The Balaban J connectivity index is 2.63. The minimum atomic E-state index is -1.28. The molecule has 0 fully saturated rings. The summed E-state index contributed by atoms with van der Waals surface area (Å²) in [6.07, 6.45) is -1.28. The third-order valence-electron chi connectivity index (χ3n) is 2.17. The lowest BCUT2D eigenvalue weighted by Gasteiger charge is -2.14. The molecule has 0 aliphatic rings. The number of carboxylic acid groups (broad SMARTS) is 1. The number of aryl methyl sites for hydroxylation is 1. The number of nitrogens with two attached hydrogens (primary N) is 1. The molecule has 6 heteroatoms. The first-order valence-electron chi connectivity index (χ1n) is 5.10. The van der Waals surface area contributed by atoms with Crippen molar-refractivity contribution in [1.82, 2.24) is 5.32 Å². The van der Waals surface area contributed by atoms with Gasteiger partial charge in [-0.15, -0.1) is 0 Å². The summed E-state index contributed by atoms with van der Waals surface area (Å²) in [5, 5.41) is 13.1. The van der Waals surface area contributed by atoms with Crippen LogP contribution in [0.3, 0.4) is 0 Å². The molecule has 92 valence electrons. The van der Waals surface area contributed by atoms with Crippen LogP contribution in [0.4, 0.5) is 10.5 Å². The molecule has 0 spiro atoms. The summed E-state index contributed by atoms with van der Waals surface area (Å²) in [5.41, 5.74) is 6.99. The third kappa shape index (κ3) is 4.12. The molecule has 6 nitrogen and oxygen atoms in total. The maximum absolute atomic E-state index is 11.6. The topological polar surface area (TPSA) is 104 Å². The number of amides is 2. The number of carbonyl (C=O) groups excluding carboxylic acids is 1. The maximum atomic E-state index is 11.6. The van der Waals surface area contributed by atoms with Gasteiger partial charge in [-0.25, -0.2) is 4.79 Å². The average Bonchev–Trinajstić information content (AvgIpc) is 2.28. The molecule has 1 aromatic carbocycles. The lowest BCUT2D eigenvalue weighted by atomic mass is 10.2. The Morgan fingerprint density at radius 2 is 1.94 bits per heavy atom. The van der Waals surface area contributed by atoms with Gasteiger partial charge in [-0.3, -0.25) is 4.79 Å². The van der Waals surface area contributed by atoms with Crippen molar-refractivity contribution >= 4 is 17.7 Å². The molecule has 0 bridgehead atoms. The Hall–Kier alpha value is -2.08.